The summed E-state index contributed by atoms with van der Waals surface area (Å²) in [6.45, 7) is -0.0853. The molecule has 0 aliphatic carbocycles. The third-order valence-corrected chi connectivity index (χ3v) is 6.47. The Kier molecular flexibility index (Phi) is 5.88. The average molecular weight is 501 g/mol. The molecule has 1 aromatic heterocycles. The van der Waals surface area contributed by atoms with Gasteiger partial charge in [0.15, 0.2) is 11.0 Å². The zero-order chi connectivity index (χ0) is 21.6. The average Bonchev–Trinajstić information content (AvgIpc) is 2.94. The summed E-state index contributed by atoms with van der Waals surface area (Å²) < 4.78 is 5.45. The predicted molar refractivity (Wildman–Crippen MR) is 120 cm³/mol. The van der Waals surface area contributed by atoms with E-state index in [4.69, 9.17) is 50.8 Å². The quantitative estimate of drug-likeness (QED) is 0.377. The van der Waals surface area contributed by atoms with Gasteiger partial charge in [0.25, 0.3) is 11.1 Å². The molecule has 10 heteroatoms. The molecule has 1 aliphatic rings. The van der Waals surface area contributed by atoms with Crippen LogP contribution in [-0.4, -0.2) is 16.0 Å². The van der Waals surface area contributed by atoms with Crippen molar-refractivity contribution in [3.8, 4) is 0 Å². The van der Waals surface area contributed by atoms with Crippen molar-refractivity contribution in [2.45, 2.75) is 6.54 Å². The van der Waals surface area contributed by atoms with Gasteiger partial charge in [-0.25, -0.2) is 0 Å². The first-order valence-corrected chi connectivity index (χ1v) is 10.7. The molecule has 0 bridgehead atoms. The van der Waals surface area contributed by atoms with E-state index in [-0.39, 0.29) is 38.0 Å². The largest absolute Gasteiger partial charge is 0.462 e. The summed E-state index contributed by atoms with van der Waals surface area (Å²) in [6, 6.07) is 7.79. The first kappa shape index (κ1) is 21.3. The Labute approximate surface area is 194 Å². The number of halogens is 4. The van der Waals surface area contributed by atoms with Gasteiger partial charge in [0, 0.05) is 20.6 Å². The molecule has 152 valence electrons. The van der Waals surface area contributed by atoms with Crippen molar-refractivity contribution >= 4 is 86.4 Å². The molecule has 0 radical (unpaired) electrons. The van der Waals surface area contributed by atoms with Crippen molar-refractivity contribution < 1.29 is 14.0 Å². The van der Waals surface area contributed by atoms with Crippen LogP contribution in [0.1, 0.15) is 11.1 Å². The molecular formula is C20H9Cl4NO4S. The minimum Gasteiger partial charge on any atom is -0.462 e. The fourth-order valence-corrected chi connectivity index (χ4v) is 4.78. The maximum absolute atomic E-state index is 12.8. The van der Waals surface area contributed by atoms with Gasteiger partial charge in [-0.05, 0) is 42.1 Å². The maximum Gasteiger partial charge on any atom is 0.293 e. The molecule has 1 fully saturated rings. The highest BCUT2D eigenvalue weighted by Crippen LogP contribution is 2.35. The van der Waals surface area contributed by atoms with Crippen molar-refractivity contribution in [1.82, 2.24) is 4.90 Å². The lowest BCUT2D eigenvalue weighted by molar-refractivity contribution is -0.123. The number of carbonyl (C=O) groups excluding carboxylic acids is 2. The van der Waals surface area contributed by atoms with Gasteiger partial charge >= 0.3 is 0 Å². The lowest BCUT2D eigenvalue weighted by atomic mass is 10.1. The van der Waals surface area contributed by atoms with E-state index in [9.17, 15) is 14.4 Å². The summed E-state index contributed by atoms with van der Waals surface area (Å²) in [5.74, 6) is -0.565. The molecule has 1 aliphatic heterocycles. The third kappa shape index (κ3) is 3.86. The van der Waals surface area contributed by atoms with E-state index >= 15 is 0 Å². The van der Waals surface area contributed by atoms with E-state index in [0.717, 1.165) is 4.90 Å². The van der Waals surface area contributed by atoms with Crippen LogP contribution in [-0.2, 0) is 11.3 Å². The number of fused-ring (bicyclic) bond motifs is 1. The van der Waals surface area contributed by atoms with E-state index in [0.29, 0.717) is 27.4 Å². The molecule has 0 unspecified atom stereocenters. The lowest BCUT2D eigenvalue weighted by Gasteiger charge is -2.14. The fraction of sp³-hybridized carbons (Fsp3) is 0.0500. The highest BCUT2D eigenvalue weighted by molar-refractivity contribution is 8.18. The van der Waals surface area contributed by atoms with Crippen molar-refractivity contribution in [2.24, 2.45) is 0 Å². The lowest BCUT2D eigenvalue weighted by Crippen LogP contribution is -2.27. The van der Waals surface area contributed by atoms with Crippen LogP contribution >= 0.6 is 58.2 Å². The minimum absolute atomic E-state index is 0.0722. The summed E-state index contributed by atoms with van der Waals surface area (Å²) in [4.78, 5) is 39.1. The van der Waals surface area contributed by atoms with E-state index < -0.39 is 16.6 Å². The van der Waals surface area contributed by atoms with Crippen LogP contribution in [0.5, 0.6) is 0 Å². The number of thioether (sulfide) groups is 1. The van der Waals surface area contributed by atoms with Crippen LogP contribution in [0.15, 0.2) is 50.7 Å². The van der Waals surface area contributed by atoms with Gasteiger partial charge in [0.2, 0.25) is 0 Å². The standard InChI is InChI=1S/C20H9Cl4NO4S/c21-10-5-11-17(26)9(8-29-18(11)15(24)6-10)4-16-19(27)25(20(28)30-16)7-12-13(22)2-1-3-14(12)23/h1-6,8H,7H2/b16-4-. The number of hydrogen-bond acceptors (Lipinski definition) is 5. The molecule has 0 N–H and O–H groups in total. The molecule has 1 saturated heterocycles. The maximum atomic E-state index is 12.8. The van der Waals surface area contributed by atoms with Crippen molar-refractivity contribution in [3.63, 3.8) is 0 Å². The topological polar surface area (TPSA) is 67.6 Å². The van der Waals surface area contributed by atoms with Gasteiger partial charge in [-0.1, -0.05) is 52.5 Å². The first-order valence-electron chi connectivity index (χ1n) is 8.35. The van der Waals surface area contributed by atoms with Crippen LogP contribution in [0, 0.1) is 0 Å². The number of hydrogen-bond donors (Lipinski definition) is 0. The second-order valence-electron chi connectivity index (χ2n) is 6.25. The highest BCUT2D eigenvalue weighted by atomic mass is 35.5. The van der Waals surface area contributed by atoms with E-state index in [1.165, 1.54) is 24.5 Å². The van der Waals surface area contributed by atoms with Gasteiger partial charge in [-0.3, -0.25) is 19.3 Å². The second-order valence-corrected chi connectivity index (χ2v) is 8.90. The SMILES string of the molecule is O=C1S/C(=C\c2coc3c(Cl)cc(Cl)cc3c2=O)C(=O)N1Cc1c(Cl)cccc1Cl. The fourth-order valence-electron chi connectivity index (χ4n) is 2.90. The van der Waals surface area contributed by atoms with Crippen LogP contribution in [0.2, 0.25) is 20.1 Å². The number of benzene rings is 2. The second kappa shape index (κ2) is 8.29. The molecule has 2 amide bonds. The van der Waals surface area contributed by atoms with Crippen molar-refractivity contribution in [2.75, 3.05) is 0 Å². The Bertz CT molecular complexity index is 1300. The first-order chi connectivity index (χ1) is 14.3. The number of nitrogens with zero attached hydrogens (tertiary/aromatic N) is 1. The van der Waals surface area contributed by atoms with Crippen LogP contribution in [0.3, 0.4) is 0 Å². The Balaban J connectivity index is 1.70. The number of rotatable bonds is 3. The van der Waals surface area contributed by atoms with Crippen molar-refractivity contribution in [3.05, 3.63) is 82.9 Å². The highest BCUT2D eigenvalue weighted by Gasteiger charge is 2.36. The Morgan fingerprint density at radius 3 is 2.40 bits per heavy atom. The number of imide groups is 1. The number of carbonyl (C=O) groups is 2. The van der Waals surface area contributed by atoms with Gasteiger partial charge in [-0.2, -0.15) is 0 Å². The Hall–Kier alpha value is -1.96. The Morgan fingerprint density at radius 2 is 1.70 bits per heavy atom. The monoisotopic (exact) mass is 499 g/mol. The summed E-state index contributed by atoms with van der Waals surface area (Å²) in [6.07, 6.45) is 2.49. The summed E-state index contributed by atoms with van der Waals surface area (Å²) in [5.41, 5.74) is 0.298. The third-order valence-electron chi connectivity index (χ3n) is 4.36. The van der Waals surface area contributed by atoms with Gasteiger partial charge in [0.05, 0.1) is 27.4 Å². The Morgan fingerprint density at radius 1 is 1.00 bits per heavy atom. The molecule has 2 aromatic carbocycles. The van der Waals surface area contributed by atoms with Gasteiger partial charge in [0.1, 0.15) is 6.26 Å². The zero-order valence-corrected chi connectivity index (χ0v) is 18.6. The van der Waals surface area contributed by atoms with Gasteiger partial charge in [-0.15, -0.1) is 0 Å². The predicted octanol–water partition coefficient (Wildman–Crippen LogP) is 6.64. The summed E-state index contributed by atoms with van der Waals surface area (Å²) in [7, 11) is 0. The number of amides is 2. The molecule has 0 spiro atoms. The van der Waals surface area contributed by atoms with Crippen LogP contribution in [0.25, 0.3) is 17.0 Å². The van der Waals surface area contributed by atoms with E-state index in [1.807, 2.05) is 0 Å². The van der Waals surface area contributed by atoms with E-state index in [2.05, 4.69) is 0 Å². The molecular weight excluding hydrogens is 492 g/mol. The molecule has 2 heterocycles. The summed E-state index contributed by atoms with van der Waals surface area (Å²) in [5, 5.41) is 0.817. The molecule has 4 rings (SSSR count). The summed E-state index contributed by atoms with van der Waals surface area (Å²) >= 11 is 25.0. The zero-order valence-electron chi connectivity index (χ0n) is 14.7. The molecule has 30 heavy (non-hydrogen) atoms. The molecule has 3 aromatic rings. The minimum atomic E-state index is -0.565. The van der Waals surface area contributed by atoms with Crippen LogP contribution < -0.4 is 5.43 Å². The molecule has 0 atom stereocenters. The van der Waals surface area contributed by atoms with Crippen LogP contribution in [0.4, 0.5) is 4.79 Å². The van der Waals surface area contributed by atoms with Gasteiger partial charge < -0.3 is 4.42 Å². The smallest absolute Gasteiger partial charge is 0.293 e. The molecule has 5 nitrogen and oxygen atoms in total. The van der Waals surface area contributed by atoms with E-state index in [1.54, 1.807) is 18.2 Å². The molecule has 0 saturated carbocycles. The normalized spacial score (nSPS) is 15.6. The van der Waals surface area contributed by atoms with Crippen molar-refractivity contribution in [1.29, 1.82) is 0 Å².